The molecule has 0 aliphatic heterocycles. The minimum absolute atomic E-state index is 0.0388. The molecule has 0 atom stereocenters. The van der Waals surface area contributed by atoms with Crippen molar-refractivity contribution in [3.8, 4) is 16.9 Å². The van der Waals surface area contributed by atoms with Crippen LogP contribution >= 0.6 is 23.2 Å². The fourth-order valence-corrected chi connectivity index (χ4v) is 3.76. The van der Waals surface area contributed by atoms with Gasteiger partial charge in [0.15, 0.2) is 0 Å². The van der Waals surface area contributed by atoms with E-state index in [1.807, 2.05) is 0 Å². The van der Waals surface area contributed by atoms with E-state index in [0.29, 0.717) is 27.2 Å². The van der Waals surface area contributed by atoms with Crippen LogP contribution in [0.5, 0.6) is 5.75 Å². The van der Waals surface area contributed by atoms with Gasteiger partial charge in [-0.15, -0.1) is 0 Å². The van der Waals surface area contributed by atoms with Crippen LogP contribution in [0.1, 0.15) is 48.4 Å². The second-order valence-corrected chi connectivity index (χ2v) is 7.93. The highest BCUT2D eigenvalue weighted by molar-refractivity contribution is 6.36. The summed E-state index contributed by atoms with van der Waals surface area (Å²) in [6, 6.07) is 10.5. The summed E-state index contributed by atoms with van der Waals surface area (Å²) in [5.41, 5.74) is -0.915. The Balaban J connectivity index is 2.13. The van der Waals surface area contributed by atoms with Crippen LogP contribution in [0.15, 0.2) is 48.5 Å². The molecule has 0 spiro atoms. The van der Waals surface area contributed by atoms with Crippen LogP contribution in [0.4, 0.5) is 5.69 Å². The normalized spacial score (nSPS) is 10.5. The van der Waals surface area contributed by atoms with E-state index in [4.69, 9.17) is 27.9 Å². The number of carboxylic acids is 2. The lowest BCUT2D eigenvalue weighted by Crippen LogP contribution is -2.20. The molecule has 9 nitrogen and oxygen atoms in total. The van der Waals surface area contributed by atoms with E-state index in [0.717, 1.165) is 6.07 Å². The molecule has 0 bridgehead atoms. The Morgan fingerprint density at radius 2 is 1.54 bits per heavy atom. The minimum atomic E-state index is -1.57. The van der Waals surface area contributed by atoms with Gasteiger partial charge in [-0.2, -0.15) is 0 Å². The lowest BCUT2D eigenvalue weighted by atomic mass is 10.00. The third kappa shape index (κ3) is 5.53. The standard InChI is InChI=1S/C24H17Cl2NO8/c1-2-35-24(34)14-5-3-11(13-6-4-12(25)8-18(13)26)7-19(14)27-21(29)15-9-17(23(32)33)20(28)10-16(15)22(30)31/h3-10,28H,2H2,1H3,(H,27,29)(H,30,31)(H,32,33). The molecule has 4 N–H and O–H groups in total. The number of nitrogens with one attached hydrogen (secondary N) is 1. The van der Waals surface area contributed by atoms with Gasteiger partial charge in [0.1, 0.15) is 11.3 Å². The Hall–Kier alpha value is -4.08. The number of rotatable bonds is 7. The van der Waals surface area contributed by atoms with Crippen molar-refractivity contribution in [1.82, 2.24) is 0 Å². The first-order chi connectivity index (χ1) is 16.5. The quantitative estimate of drug-likeness (QED) is 0.312. The molecule has 0 unspecified atom stereocenters. The van der Waals surface area contributed by atoms with Crippen LogP contribution in [0.25, 0.3) is 11.1 Å². The highest BCUT2D eigenvalue weighted by Crippen LogP contribution is 2.33. The molecule has 1 amide bonds. The highest BCUT2D eigenvalue weighted by Gasteiger charge is 2.24. The molecule has 11 heteroatoms. The van der Waals surface area contributed by atoms with E-state index >= 15 is 0 Å². The molecule has 0 fully saturated rings. The van der Waals surface area contributed by atoms with Gasteiger partial charge < -0.3 is 25.4 Å². The number of phenols is 1. The summed E-state index contributed by atoms with van der Waals surface area (Å²) in [5, 5.41) is 31.7. The second-order valence-electron chi connectivity index (χ2n) is 7.08. The van der Waals surface area contributed by atoms with E-state index < -0.39 is 46.3 Å². The molecular weight excluding hydrogens is 501 g/mol. The predicted octanol–water partition coefficient (Wildman–Crippen LogP) is 5.19. The summed E-state index contributed by atoms with van der Waals surface area (Å²) in [7, 11) is 0. The molecular formula is C24H17Cl2NO8. The van der Waals surface area contributed by atoms with Crippen LogP contribution in [0.2, 0.25) is 10.0 Å². The van der Waals surface area contributed by atoms with Crippen molar-refractivity contribution in [2.75, 3.05) is 11.9 Å². The minimum Gasteiger partial charge on any atom is -0.507 e. The summed E-state index contributed by atoms with van der Waals surface area (Å²) >= 11 is 12.2. The number of carbonyl (C=O) groups excluding carboxylic acids is 2. The first-order valence-electron chi connectivity index (χ1n) is 9.95. The smallest absolute Gasteiger partial charge is 0.340 e. The maximum absolute atomic E-state index is 13.1. The lowest BCUT2D eigenvalue weighted by molar-refractivity contribution is 0.0526. The SMILES string of the molecule is CCOC(=O)c1ccc(-c2ccc(Cl)cc2Cl)cc1NC(=O)c1cc(C(=O)O)c(O)cc1C(=O)O. The summed E-state index contributed by atoms with van der Waals surface area (Å²) < 4.78 is 5.03. The number of amides is 1. The van der Waals surface area contributed by atoms with Gasteiger partial charge in [-0.1, -0.05) is 35.3 Å². The van der Waals surface area contributed by atoms with Gasteiger partial charge in [-0.25, -0.2) is 14.4 Å². The van der Waals surface area contributed by atoms with Gasteiger partial charge >= 0.3 is 17.9 Å². The van der Waals surface area contributed by atoms with Crippen molar-refractivity contribution >= 4 is 52.7 Å². The number of hydrogen-bond acceptors (Lipinski definition) is 6. The monoisotopic (exact) mass is 517 g/mol. The van der Waals surface area contributed by atoms with Gasteiger partial charge in [-0.3, -0.25) is 4.79 Å². The third-order valence-corrected chi connectivity index (χ3v) is 5.39. The maximum atomic E-state index is 13.1. The number of benzene rings is 3. The predicted molar refractivity (Wildman–Crippen MR) is 128 cm³/mol. The number of aromatic hydroxyl groups is 1. The Bertz CT molecular complexity index is 1370. The Labute approximate surface area is 208 Å². The van der Waals surface area contributed by atoms with Crippen molar-refractivity contribution in [2.45, 2.75) is 6.92 Å². The number of ether oxygens (including phenoxy) is 1. The number of carboxylic acid groups (broad SMARTS) is 2. The summed E-state index contributed by atoms with van der Waals surface area (Å²) in [6.45, 7) is 1.65. The molecule has 0 aliphatic carbocycles. The van der Waals surface area contributed by atoms with Crippen LogP contribution in [0, 0.1) is 0 Å². The average molecular weight is 518 g/mol. The van der Waals surface area contributed by atoms with Crippen molar-refractivity contribution in [2.24, 2.45) is 0 Å². The molecule has 0 aromatic heterocycles. The number of carbonyl (C=O) groups is 4. The van der Waals surface area contributed by atoms with Crippen LogP contribution < -0.4 is 5.32 Å². The maximum Gasteiger partial charge on any atom is 0.340 e. The van der Waals surface area contributed by atoms with Gasteiger partial charge in [-0.05, 0) is 48.9 Å². The number of esters is 1. The number of hydrogen-bond donors (Lipinski definition) is 4. The molecule has 0 aliphatic rings. The fourth-order valence-electron chi connectivity index (χ4n) is 3.24. The van der Waals surface area contributed by atoms with Gasteiger partial charge in [0.2, 0.25) is 0 Å². The van der Waals surface area contributed by atoms with Gasteiger partial charge in [0.05, 0.1) is 29.0 Å². The topological polar surface area (TPSA) is 150 Å². The molecule has 0 saturated carbocycles. The van der Waals surface area contributed by atoms with E-state index in [1.165, 1.54) is 18.2 Å². The first kappa shape index (κ1) is 25.5. The third-order valence-electron chi connectivity index (χ3n) is 4.85. The van der Waals surface area contributed by atoms with E-state index in [-0.39, 0.29) is 17.9 Å². The van der Waals surface area contributed by atoms with E-state index in [2.05, 4.69) is 5.32 Å². The Kier molecular flexibility index (Phi) is 7.63. The largest absolute Gasteiger partial charge is 0.507 e. The molecule has 35 heavy (non-hydrogen) atoms. The van der Waals surface area contributed by atoms with E-state index in [9.17, 15) is 34.5 Å². The lowest BCUT2D eigenvalue weighted by Gasteiger charge is -2.15. The zero-order valence-electron chi connectivity index (χ0n) is 18.0. The highest BCUT2D eigenvalue weighted by atomic mass is 35.5. The summed E-state index contributed by atoms with van der Waals surface area (Å²) in [4.78, 5) is 48.6. The van der Waals surface area contributed by atoms with E-state index in [1.54, 1.807) is 25.1 Å². The van der Waals surface area contributed by atoms with Crippen molar-refractivity contribution in [3.63, 3.8) is 0 Å². The molecule has 180 valence electrons. The zero-order valence-corrected chi connectivity index (χ0v) is 19.5. The number of anilines is 1. The Morgan fingerprint density at radius 3 is 2.14 bits per heavy atom. The summed E-state index contributed by atoms with van der Waals surface area (Å²) in [5.74, 6) is -5.76. The molecule has 0 saturated heterocycles. The van der Waals surface area contributed by atoms with Gasteiger partial charge in [0.25, 0.3) is 5.91 Å². The summed E-state index contributed by atoms with van der Waals surface area (Å²) in [6.07, 6.45) is 0. The molecule has 3 aromatic carbocycles. The second kappa shape index (κ2) is 10.5. The fraction of sp³-hybridized carbons (Fsp3) is 0.0833. The van der Waals surface area contributed by atoms with Crippen molar-refractivity contribution < 1.29 is 39.2 Å². The molecule has 3 aromatic rings. The number of aromatic carboxylic acids is 2. The molecule has 0 heterocycles. The molecule has 0 radical (unpaired) electrons. The first-order valence-corrected chi connectivity index (χ1v) is 10.7. The van der Waals surface area contributed by atoms with Crippen LogP contribution in [0.3, 0.4) is 0 Å². The van der Waals surface area contributed by atoms with Crippen LogP contribution in [-0.4, -0.2) is 45.7 Å². The molecule has 3 rings (SSSR count). The van der Waals surface area contributed by atoms with Gasteiger partial charge in [0, 0.05) is 15.6 Å². The van der Waals surface area contributed by atoms with Crippen LogP contribution in [-0.2, 0) is 4.74 Å². The Morgan fingerprint density at radius 1 is 0.857 bits per heavy atom. The van der Waals surface area contributed by atoms with Crippen molar-refractivity contribution in [3.05, 3.63) is 80.8 Å². The zero-order chi connectivity index (χ0) is 25.9. The average Bonchev–Trinajstić information content (AvgIpc) is 2.78. The van der Waals surface area contributed by atoms with Crippen molar-refractivity contribution in [1.29, 1.82) is 0 Å². The number of halogens is 2.